The highest BCUT2D eigenvalue weighted by atomic mass is 35.5. The van der Waals surface area contributed by atoms with Gasteiger partial charge in [-0.25, -0.2) is 4.98 Å². The summed E-state index contributed by atoms with van der Waals surface area (Å²) in [4.78, 5) is 4.23. The van der Waals surface area contributed by atoms with Crippen LogP contribution in [-0.2, 0) is 6.42 Å². The van der Waals surface area contributed by atoms with E-state index in [-0.39, 0.29) is 6.61 Å². The van der Waals surface area contributed by atoms with Crippen LogP contribution in [0.5, 0.6) is 0 Å². The Hall–Kier alpha value is -1.32. The van der Waals surface area contributed by atoms with E-state index < -0.39 is 0 Å². The van der Waals surface area contributed by atoms with Gasteiger partial charge < -0.3 is 9.52 Å². The van der Waals surface area contributed by atoms with Gasteiger partial charge in [-0.3, -0.25) is 0 Å². The maximum atomic E-state index is 8.72. The molecule has 1 aromatic carbocycles. The lowest BCUT2D eigenvalue weighted by molar-refractivity contribution is 0.285. The van der Waals surface area contributed by atoms with Gasteiger partial charge >= 0.3 is 0 Å². The molecule has 1 heterocycles. The van der Waals surface area contributed by atoms with Crippen molar-refractivity contribution >= 4 is 11.6 Å². The second-order valence-corrected chi connectivity index (χ2v) is 3.54. The summed E-state index contributed by atoms with van der Waals surface area (Å²) in [6.45, 7) is 0.0422. The first-order valence-electron chi connectivity index (χ1n) is 4.61. The van der Waals surface area contributed by atoms with E-state index in [9.17, 15) is 0 Å². The molecule has 0 fully saturated rings. The summed E-state index contributed by atoms with van der Waals surface area (Å²) in [6.07, 6.45) is 2.02. The fourth-order valence-electron chi connectivity index (χ4n) is 1.27. The number of oxazole rings is 1. The van der Waals surface area contributed by atoms with E-state index in [0.717, 1.165) is 11.3 Å². The zero-order valence-corrected chi connectivity index (χ0v) is 8.74. The van der Waals surface area contributed by atoms with E-state index in [1.165, 1.54) is 0 Å². The van der Waals surface area contributed by atoms with Gasteiger partial charge in [0.1, 0.15) is 12.0 Å². The molecule has 1 aromatic heterocycles. The summed E-state index contributed by atoms with van der Waals surface area (Å²) in [7, 11) is 0. The number of benzene rings is 1. The molecule has 3 nitrogen and oxygen atoms in total. The van der Waals surface area contributed by atoms with Crippen LogP contribution in [0.3, 0.4) is 0 Å². The van der Waals surface area contributed by atoms with Crippen LogP contribution >= 0.6 is 11.6 Å². The highest BCUT2D eigenvalue weighted by molar-refractivity contribution is 6.30. The summed E-state index contributed by atoms with van der Waals surface area (Å²) in [5.74, 6) is 0.544. The number of aliphatic hydroxyl groups excluding tert-OH is 1. The largest absolute Gasteiger partial charge is 0.448 e. The lowest BCUT2D eigenvalue weighted by Gasteiger charge is -1.94. The van der Waals surface area contributed by atoms with Crippen LogP contribution in [0.4, 0.5) is 0 Å². The second kappa shape index (κ2) is 4.47. The minimum absolute atomic E-state index is 0.0422. The van der Waals surface area contributed by atoms with Gasteiger partial charge in [-0.05, 0) is 12.1 Å². The van der Waals surface area contributed by atoms with Crippen LogP contribution in [0.25, 0.3) is 11.3 Å². The Bertz CT molecular complexity index is 436. The molecule has 15 heavy (non-hydrogen) atoms. The Morgan fingerprint density at radius 1 is 1.27 bits per heavy atom. The van der Waals surface area contributed by atoms with E-state index in [0.29, 0.717) is 17.3 Å². The van der Waals surface area contributed by atoms with Crippen LogP contribution in [0.15, 0.2) is 34.9 Å². The molecule has 0 aliphatic heterocycles. The molecule has 78 valence electrons. The first-order chi connectivity index (χ1) is 7.29. The van der Waals surface area contributed by atoms with Gasteiger partial charge in [-0.2, -0.15) is 0 Å². The molecule has 0 saturated heterocycles. The van der Waals surface area contributed by atoms with Crippen molar-refractivity contribution in [1.29, 1.82) is 0 Å². The zero-order valence-electron chi connectivity index (χ0n) is 7.98. The molecule has 0 aliphatic carbocycles. The van der Waals surface area contributed by atoms with Crippen molar-refractivity contribution in [2.24, 2.45) is 0 Å². The van der Waals surface area contributed by atoms with Gasteiger partial charge in [-0.15, -0.1) is 0 Å². The summed E-state index contributed by atoms with van der Waals surface area (Å²) >= 11 is 5.78. The molecular formula is C11H10ClNO2. The van der Waals surface area contributed by atoms with Crippen LogP contribution in [0.1, 0.15) is 5.89 Å². The predicted octanol–water partition coefficient (Wildman–Crippen LogP) is 2.53. The summed E-state index contributed by atoms with van der Waals surface area (Å²) in [6, 6.07) is 7.36. The van der Waals surface area contributed by atoms with Crippen molar-refractivity contribution in [3.05, 3.63) is 41.4 Å². The predicted molar refractivity (Wildman–Crippen MR) is 57.7 cm³/mol. The summed E-state index contributed by atoms with van der Waals surface area (Å²) in [5.41, 5.74) is 1.71. The number of rotatable bonds is 3. The lowest BCUT2D eigenvalue weighted by atomic mass is 10.2. The number of nitrogens with zero attached hydrogens (tertiary/aromatic N) is 1. The van der Waals surface area contributed by atoms with Crippen molar-refractivity contribution in [3.63, 3.8) is 0 Å². The third kappa shape index (κ3) is 2.37. The molecule has 0 aliphatic rings. The molecule has 2 rings (SSSR count). The minimum atomic E-state index is 0.0422. The van der Waals surface area contributed by atoms with Gasteiger partial charge in [0.05, 0.1) is 6.61 Å². The number of hydrogen-bond acceptors (Lipinski definition) is 3. The molecule has 2 aromatic rings. The highest BCUT2D eigenvalue weighted by Gasteiger charge is 2.05. The van der Waals surface area contributed by atoms with E-state index in [1.54, 1.807) is 18.4 Å². The molecule has 0 saturated carbocycles. The number of hydrogen-bond donors (Lipinski definition) is 1. The number of aliphatic hydroxyl groups is 1. The van der Waals surface area contributed by atoms with Crippen LogP contribution < -0.4 is 0 Å². The Kier molecular flexibility index (Phi) is 3.04. The Morgan fingerprint density at radius 3 is 2.67 bits per heavy atom. The Balaban J connectivity index is 2.25. The van der Waals surface area contributed by atoms with Crippen LogP contribution in [0.2, 0.25) is 5.02 Å². The molecule has 0 bridgehead atoms. The Morgan fingerprint density at radius 2 is 2.00 bits per heavy atom. The van der Waals surface area contributed by atoms with Crippen molar-refractivity contribution in [1.82, 2.24) is 4.98 Å². The maximum absolute atomic E-state index is 8.72. The van der Waals surface area contributed by atoms with Gasteiger partial charge in [-0.1, -0.05) is 23.7 Å². The van der Waals surface area contributed by atoms with Crippen molar-refractivity contribution < 1.29 is 9.52 Å². The minimum Gasteiger partial charge on any atom is -0.448 e. The first kappa shape index (κ1) is 10.2. The molecule has 0 unspecified atom stereocenters. The van der Waals surface area contributed by atoms with E-state index in [4.69, 9.17) is 21.1 Å². The van der Waals surface area contributed by atoms with Crippen LogP contribution in [0, 0.1) is 0 Å². The second-order valence-electron chi connectivity index (χ2n) is 3.11. The smallest absolute Gasteiger partial charge is 0.196 e. The topological polar surface area (TPSA) is 46.3 Å². The fraction of sp³-hybridized carbons (Fsp3) is 0.182. The van der Waals surface area contributed by atoms with Crippen molar-refractivity contribution in [2.75, 3.05) is 6.61 Å². The molecule has 0 radical (unpaired) electrons. The quantitative estimate of drug-likeness (QED) is 0.870. The molecule has 0 amide bonds. The monoisotopic (exact) mass is 223 g/mol. The normalized spacial score (nSPS) is 10.5. The average molecular weight is 224 g/mol. The third-order valence-electron chi connectivity index (χ3n) is 2.02. The van der Waals surface area contributed by atoms with Gasteiger partial charge in [0.25, 0.3) is 0 Å². The maximum Gasteiger partial charge on any atom is 0.196 e. The van der Waals surface area contributed by atoms with E-state index >= 15 is 0 Å². The third-order valence-corrected chi connectivity index (χ3v) is 2.27. The standard InChI is InChI=1S/C11H10ClNO2/c12-9-3-1-8(2-4-9)10-7-15-11(13-10)5-6-14/h1-4,7,14H,5-6H2. The van der Waals surface area contributed by atoms with Gasteiger partial charge in [0, 0.05) is 17.0 Å². The van der Waals surface area contributed by atoms with E-state index in [1.807, 2.05) is 12.1 Å². The molecule has 4 heteroatoms. The molecule has 0 spiro atoms. The average Bonchev–Trinajstić information content (AvgIpc) is 2.68. The van der Waals surface area contributed by atoms with Crippen molar-refractivity contribution in [2.45, 2.75) is 6.42 Å². The molecular weight excluding hydrogens is 214 g/mol. The lowest BCUT2D eigenvalue weighted by Crippen LogP contribution is -1.90. The SMILES string of the molecule is OCCc1nc(-c2ccc(Cl)cc2)co1. The van der Waals surface area contributed by atoms with Gasteiger partial charge in [0.2, 0.25) is 0 Å². The van der Waals surface area contributed by atoms with Crippen molar-refractivity contribution in [3.8, 4) is 11.3 Å². The highest BCUT2D eigenvalue weighted by Crippen LogP contribution is 2.20. The number of halogens is 1. The van der Waals surface area contributed by atoms with E-state index in [2.05, 4.69) is 4.98 Å². The van der Waals surface area contributed by atoms with Crippen LogP contribution in [-0.4, -0.2) is 16.7 Å². The molecule has 0 atom stereocenters. The summed E-state index contributed by atoms with van der Waals surface area (Å²) < 4.78 is 5.19. The van der Waals surface area contributed by atoms with Gasteiger partial charge in [0.15, 0.2) is 5.89 Å². The first-order valence-corrected chi connectivity index (χ1v) is 4.98. The Labute approximate surface area is 92.3 Å². The zero-order chi connectivity index (χ0) is 10.7. The summed E-state index contributed by atoms with van der Waals surface area (Å²) in [5, 5.41) is 9.41. The number of aromatic nitrogens is 1. The molecule has 1 N–H and O–H groups in total. The fourth-order valence-corrected chi connectivity index (χ4v) is 1.40.